The van der Waals surface area contributed by atoms with Crippen molar-refractivity contribution in [3.63, 3.8) is 0 Å². The molecular weight excluding hydrogens is 375 g/mol. The molecule has 11 heteroatoms. The maximum atomic E-state index is 13.0. The molecule has 0 saturated heterocycles. The lowest BCUT2D eigenvalue weighted by Crippen LogP contribution is -2.28. The highest BCUT2D eigenvalue weighted by Crippen LogP contribution is 2.32. The Morgan fingerprint density at radius 1 is 1.21 bits per heavy atom. The molecule has 2 heterocycles. The van der Waals surface area contributed by atoms with Gasteiger partial charge >= 0.3 is 6.18 Å². The Bertz CT molecular complexity index is 999. The van der Waals surface area contributed by atoms with E-state index >= 15 is 0 Å². The van der Waals surface area contributed by atoms with E-state index in [2.05, 4.69) is 30.9 Å². The maximum Gasteiger partial charge on any atom is 0.416 e. The Morgan fingerprint density at radius 2 is 2.04 bits per heavy atom. The zero-order valence-electron chi connectivity index (χ0n) is 14.5. The Kier molecular flexibility index (Phi) is 5.34. The second-order valence-electron chi connectivity index (χ2n) is 5.66. The summed E-state index contributed by atoms with van der Waals surface area (Å²) in [5.41, 5.74) is 4.87. The molecule has 0 aliphatic carbocycles. The first-order valence-corrected chi connectivity index (χ1v) is 7.92. The minimum Gasteiger partial charge on any atom is -0.282 e. The normalized spacial score (nSPS) is 11.6. The van der Waals surface area contributed by atoms with Crippen molar-refractivity contribution in [2.75, 3.05) is 5.43 Å². The van der Waals surface area contributed by atoms with Crippen LogP contribution in [0.5, 0.6) is 0 Å². The van der Waals surface area contributed by atoms with E-state index in [4.69, 9.17) is 0 Å². The molecule has 0 atom stereocenters. The van der Waals surface area contributed by atoms with Gasteiger partial charge in [0, 0.05) is 30.1 Å². The monoisotopic (exact) mass is 389 g/mol. The van der Waals surface area contributed by atoms with E-state index in [1.807, 2.05) is 0 Å². The minimum absolute atomic E-state index is 0.110. The predicted molar refractivity (Wildman–Crippen MR) is 94.3 cm³/mol. The van der Waals surface area contributed by atoms with Gasteiger partial charge in [-0.3, -0.25) is 15.6 Å². The molecule has 8 nitrogen and oxygen atoms in total. The SMILES string of the molecule is Cc1cc(-c2ncn(/C=C\C(=O)NNc3ccncn3)n2)cc(C(F)(F)F)c1. The van der Waals surface area contributed by atoms with Crippen molar-refractivity contribution in [3.05, 3.63) is 60.3 Å². The number of nitrogens with zero attached hydrogens (tertiary/aromatic N) is 5. The van der Waals surface area contributed by atoms with Crippen LogP contribution in [0, 0.1) is 6.92 Å². The van der Waals surface area contributed by atoms with Gasteiger partial charge in [-0.1, -0.05) is 0 Å². The molecule has 0 aliphatic rings. The van der Waals surface area contributed by atoms with E-state index in [9.17, 15) is 18.0 Å². The van der Waals surface area contributed by atoms with Gasteiger partial charge in [0.05, 0.1) is 5.56 Å². The third kappa shape index (κ3) is 4.90. The van der Waals surface area contributed by atoms with E-state index in [1.54, 1.807) is 19.1 Å². The van der Waals surface area contributed by atoms with Crippen LogP contribution in [0.3, 0.4) is 0 Å². The summed E-state index contributed by atoms with van der Waals surface area (Å²) in [6.45, 7) is 1.56. The number of hydrogen-bond donors (Lipinski definition) is 2. The highest BCUT2D eigenvalue weighted by Gasteiger charge is 2.31. The average Bonchev–Trinajstić information content (AvgIpc) is 3.13. The van der Waals surface area contributed by atoms with Crippen LogP contribution in [0.15, 0.2) is 49.2 Å². The lowest BCUT2D eigenvalue weighted by molar-refractivity contribution is -0.137. The molecule has 0 radical (unpaired) electrons. The maximum absolute atomic E-state index is 13.0. The Hall–Kier alpha value is -3.76. The lowest BCUT2D eigenvalue weighted by atomic mass is 10.1. The number of amides is 1. The van der Waals surface area contributed by atoms with E-state index in [-0.39, 0.29) is 11.4 Å². The fourth-order valence-corrected chi connectivity index (χ4v) is 2.23. The van der Waals surface area contributed by atoms with Crippen LogP contribution in [0.1, 0.15) is 11.1 Å². The van der Waals surface area contributed by atoms with Crippen LogP contribution < -0.4 is 10.9 Å². The topological polar surface area (TPSA) is 97.6 Å². The quantitative estimate of drug-likeness (QED) is 0.514. The summed E-state index contributed by atoms with van der Waals surface area (Å²) in [6.07, 6.45) is 2.13. The average molecular weight is 389 g/mol. The molecule has 3 aromatic rings. The van der Waals surface area contributed by atoms with Crippen LogP contribution in [0.25, 0.3) is 17.6 Å². The number of alkyl halides is 3. The van der Waals surface area contributed by atoms with Crippen LogP contribution in [-0.4, -0.2) is 30.6 Å². The summed E-state index contributed by atoms with van der Waals surface area (Å²) < 4.78 is 40.1. The number of carbonyl (C=O) groups is 1. The Morgan fingerprint density at radius 3 is 2.75 bits per heavy atom. The van der Waals surface area contributed by atoms with Crippen LogP contribution in [0.2, 0.25) is 0 Å². The van der Waals surface area contributed by atoms with Crippen LogP contribution >= 0.6 is 0 Å². The number of carbonyl (C=O) groups excluding carboxylic acids is 1. The lowest BCUT2D eigenvalue weighted by Gasteiger charge is -2.09. The van der Waals surface area contributed by atoms with Gasteiger partial charge in [0.25, 0.3) is 5.91 Å². The van der Waals surface area contributed by atoms with Gasteiger partial charge in [0.1, 0.15) is 18.5 Å². The fourth-order valence-electron chi connectivity index (χ4n) is 2.23. The summed E-state index contributed by atoms with van der Waals surface area (Å²) >= 11 is 0. The number of rotatable bonds is 5. The molecule has 2 aromatic heterocycles. The third-order valence-electron chi connectivity index (χ3n) is 3.45. The van der Waals surface area contributed by atoms with Gasteiger partial charge < -0.3 is 0 Å². The second-order valence-corrected chi connectivity index (χ2v) is 5.66. The summed E-state index contributed by atoms with van der Waals surface area (Å²) in [4.78, 5) is 23.4. The molecule has 28 heavy (non-hydrogen) atoms. The Labute approximate surface area is 157 Å². The highest BCUT2D eigenvalue weighted by atomic mass is 19.4. The van der Waals surface area contributed by atoms with Gasteiger partial charge in [-0.2, -0.15) is 13.2 Å². The Balaban J connectivity index is 1.68. The number of hydrogen-bond acceptors (Lipinski definition) is 6. The van der Waals surface area contributed by atoms with Crippen LogP contribution in [-0.2, 0) is 11.0 Å². The fraction of sp³-hybridized carbons (Fsp3) is 0.118. The van der Waals surface area contributed by atoms with Gasteiger partial charge in [-0.15, -0.1) is 5.10 Å². The summed E-state index contributed by atoms with van der Waals surface area (Å²) in [5, 5.41) is 4.07. The van der Waals surface area contributed by atoms with Crippen molar-refractivity contribution < 1.29 is 18.0 Å². The van der Waals surface area contributed by atoms with Gasteiger partial charge in [-0.05, 0) is 30.7 Å². The van der Waals surface area contributed by atoms with Crippen molar-refractivity contribution in [2.24, 2.45) is 0 Å². The number of nitrogens with one attached hydrogen (secondary N) is 2. The molecule has 2 N–H and O–H groups in total. The molecule has 3 rings (SSSR count). The van der Waals surface area contributed by atoms with Gasteiger partial charge in [0.2, 0.25) is 0 Å². The largest absolute Gasteiger partial charge is 0.416 e. The third-order valence-corrected chi connectivity index (χ3v) is 3.45. The van der Waals surface area contributed by atoms with Crippen molar-refractivity contribution in [1.82, 2.24) is 30.2 Å². The molecule has 0 unspecified atom stereocenters. The van der Waals surface area contributed by atoms with Gasteiger partial charge in [-0.25, -0.2) is 19.6 Å². The van der Waals surface area contributed by atoms with Crippen molar-refractivity contribution in [3.8, 4) is 11.4 Å². The number of hydrazine groups is 1. The number of anilines is 1. The second kappa shape index (κ2) is 7.86. The molecular formula is C17H14F3N7O. The zero-order valence-corrected chi connectivity index (χ0v) is 14.5. The van der Waals surface area contributed by atoms with E-state index < -0.39 is 17.6 Å². The highest BCUT2D eigenvalue weighted by molar-refractivity contribution is 5.90. The number of halogens is 3. The van der Waals surface area contributed by atoms with E-state index in [0.29, 0.717) is 11.4 Å². The van der Waals surface area contributed by atoms with E-state index in [0.717, 1.165) is 12.1 Å². The molecule has 0 bridgehead atoms. The molecule has 0 aliphatic heterocycles. The molecule has 0 spiro atoms. The smallest absolute Gasteiger partial charge is 0.282 e. The standard InChI is InChI=1S/C17H14F3N7O/c1-11-6-12(8-13(7-11)17(18,19)20)16-23-10-27(26-16)5-3-15(28)25-24-14-2-4-21-9-22-14/h2-10H,1H3,(H,25,28)(H,21,22,24)/b5-3-. The molecule has 1 amide bonds. The summed E-state index contributed by atoms with van der Waals surface area (Å²) in [5.74, 6) is 0.0173. The molecule has 144 valence electrons. The van der Waals surface area contributed by atoms with Crippen molar-refractivity contribution in [2.45, 2.75) is 13.1 Å². The van der Waals surface area contributed by atoms with Crippen molar-refractivity contribution in [1.29, 1.82) is 0 Å². The van der Waals surface area contributed by atoms with Crippen molar-refractivity contribution >= 4 is 17.9 Å². The number of benzene rings is 1. The molecule has 0 fully saturated rings. The minimum atomic E-state index is -4.46. The summed E-state index contributed by atoms with van der Waals surface area (Å²) in [6, 6.07) is 5.14. The number of aryl methyl sites for hydroxylation is 1. The molecule has 1 aromatic carbocycles. The predicted octanol–water partition coefficient (Wildman–Crippen LogP) is 2.68. The first-order valence-electron chi connectivity index (χ1n) is 7.92. The van der Waals surface area contributed by atoms with E-state index in [1.165, 1.54) is 35.8 Å². The zero-order chi connectivity index (χ0) is 20.1. The first-order chi connectivity index (χ1) is 13.3. The molecule has 0 saturated carbocycles. The summed E-state index contributed by atoms with van der Waals surface area (Å²) in [7, 11) is 0. The van der Waals surface area contributed by atoms with Gasteiger partial charge in [0.15, 0.2) is 5.82 Å². The van der Waals surface area contributed by atoms with Crippen LogP contribution in [0.4, 0.5) is 19.0 Å². The number of aromatic nitrogens is 5. The first kappa shape index (κ1) is 19.0.